The summed E-state index contributed by atoms with van der Waals surface area (Å²) in [4.78, 5) is 24.3. The molecular weight excluding hydrogens is 302 g/mol. The van der Waals surface area contributed by atoms with Crippen molar-refractivity contribution in [3.8, 4) is 0 Å². The monoisotopic (exact) mass is 325 g/mol. The van der Waals surface area contributed by atoms with Crippen LogP contribution in [0.3, 0.4) is 0 Å². The fraction of sp³-hybridized carbons (Fsp3) is 0.263. The second kappa shape index (κ2) is 7.75. The van der Waals surface area contributed by atoms with Crippen molar-refractivity contribution < 1.29 is 9.59 Å². The molecular formula is C19H23N3O2. The molecule has 2 rings (SSSR count). The SMILES string of the molecule is CCCC(C)(N)C(=O)Nc1ccc(C(=O)Nc2ccccc2)cc1. The normalized spacial score (nSPS) is 13.0. The average Bonchev–Trinajstić information content (AvgIpc) is 2.56. The molecule has 0 aliphatic rings. The molecule has 5 heteroatoms. The van der Waals surface area contributed by atoms with E-state index in [4.69, 9.17) is 5.73 Å². The van der Waals surface area contributed by atoms with Gasteiger partial charge in [-0.2, -0.15) is 0 Å². The van der Waals surface area contributed by atoms with Crippen LogP contribution in [0.4, 0.5) is 11.4 Å². The van der Waals surface area contributed by atoms with Crippen LogP contribution in [0, 0.1) is 0 Å². The van der Waals surface area contributed by atoms with E-state index in [1.807, 2.05) is 37.3 Å². The Balaban J connectivity index is 2.00. The van der Waals surface area contributed by atoms with Gasteiger partial charge in [-0.05, 0) is 49.7 Å². The lowest BCUT2D eigenvalue weighted by Gasteiger charge is -2.22. The van der Waals surface area contributed by atoms with Crippen LogP contribution in [0.25, 0.3) is 0 Å². The summed E-state index contributed by atoms with van der Waals surface area (Å²) in [5.41, 5.74) is 6.97. The number of carbonyl (C=O) groups excluding carboxylic acids is 2. The van der Waals surface area contributed by atoms with Gasteiger partial charge in [0, 0.05) is 16.9 Å². The van der Waals surface area contributed by atoms with Gasteiger partial charge in [0.15, 0.2) is 0 Å². The first-order valence-electron chi connectivity index (χ1n) is 7.99. The fourth-order valence-electron chi connectivity index (χ4n) is 2.34. The molecule has 4 N–H and O–H groups in total. The van der Waals surface area contributed by atoms with Gasteiger partial charge in [-0.1, -0.05) is 31.5 Å². The Hall–Kier alpha value is -2.66. The van der Waals surface area contributed by atoms with E-state index in [0.29, 0.717) is 17.7 Å². The van der Waals surface area contributed by atoms with E-state index in [9.17, 15) is 9.59 Å². The minimum atomic E-state index is -0.905. The number of rotatable bonds is 6. The Kier molecular flexibility index (Phi) is 5.71. The van der Waals surface area contributed by atoms with Crippen molar-refractivity contribution >= 4 is 23.2 Å². The Morgan fingerprint density at radius 3 is 2.12 bits per heavy atom. The van der Waals surface area contributed by atoms with Crippen LogP contribution in [0.5, 0.6) is 0 Å². The molecule has 126 valence electrons. The molecule has 0 saturated carbocycles. The number of amides is 2. The lowest BCUT2D eigenvalue weighted by atomic mass is 9.96. The zero-order chi connectivity index (χ0) is 17.6. The first-order chi connectivity index (χ1) is 11.4. The molecule has 2 aromatic rings. The largest absolute Gasteiger partial charge is 0.325 e. The van der Waals surface area contributed by atoms with E-state index < -0.39 is 5.54 Å². The number of nitrogens with one attached hydrogen (secondary N) is 2. The van der Waals surface area contributed by atoms with Crippen LogP contribution in [-0.4, -0.2) is 17.4 Å². The van der Waals surface area contributed by atoms with Gasteiger partial charge in [0.05, 0.1) is 5.54 Å². The van der Waals surface area contributed by atoms with Gasteiger partial charge in [-0.3, -0.25) is 9.59 Å². The van der Waals surface area contributed by atoms with Gasteiger partial charge in [-0.15, -0.1) is 0 Å². The molecule has 0 aromatic heterocycles. The third-order valence-electron chi connectivity index (χ3n) is 3.72. The van der Waals surface area contributed by atoms with Crippen LogP contribution < -0.4 is 16.4 Å². The first kappa shape index (κ1) is 17.7. The fourth-order valence-corrected chi connectivity index (χ4v) is 2.34. The number of nitrogens with two attached hydrogens (primary N) is 1. The van der Waals surface area contributed by atoms with E-state index >= 15 is 0 Å². The minimum Gasteiger partial charge on any atom is -0.325 e. The molecule has 2 aromatic carbocycles. The third kappa shape index (κ3) is 4.67. The smallest absolute Gasteiger partial charge is 0.255 e. The quantitative estimate of drug-likeness (QED) is 0.761. The van der Waals surface area contributed by atoms with E-state index in [-0.39, 0.29) is 11.8 Å². The van der Waals surface area contributed by atoms with E-state index in [1.54, 1.807) is 31.2 Å². The lowest BCUT2D eigenvalue weighted by molar-refractivity contribution is -0.120. The molecule has 1 atom stereocenters. The van der Waals surface area contributed by atoms with E-state index in [1.165, 1.54) is 0 Å². The summed E-state index contributed by atoms with van der Waals surface area (Å²) in [5.74, 6) is -0.431. The van der Waals surface area contributed by atoms with Crippen molar-refractivity contribution in [3.05, 3.63) is 60.2 Å². The van der Waals surface area contributed by atoms with Crippen molar-refractivity contribution in [2.45, 2.75) is 32.2 Å². The Morgan fingerprint density at radius 2 is 1.54 bits per heavy atom. The van der Waals surface area contributed by atoms with Crippen molar-refractivity contribution in [2.75, 3.05) is 10.6 Å². The number of benzene rings is 2. The minimum absolute atomic E-state index is 0.200. The maximum absolute atomic E-state index is 12.2. The highest BCUT2D eigenvalue weighted by Crippen LogP contribution is 2.16. The summed E-state index contributed by atoms with van der Waals surface area (Å²) in [6.07, 6.45) is 1.44. The molecule has 24 heavy (non-hydrogen) atoms. The number of para-hydroxylation sites is 1. The van der Waals surface area contributed by atoms with Crippen LogP contribution in [-0.2, 0) is 4.79 Å². The molecule has 2 amide bonds. The second-order valence-corrected chi connectivity index (χ2v) is 6.02. The molecule has 1 unspecified atom stereocenters. The van der Waals surface area contributed by atoms with Gasteiger partial charge in [0.25, 0.3) is 5.91 Å². The highest BCUT2D eigenvalue weighted by atomic mass is 16.2. The second-order valence-electron chi connectivity index (χ2n) is 6.02. The Labute approximate surface area is 142 Å². The zero-order valence-electron chi connectivity index (χ0n) is 14.0. The summed E-state index contributed by atoms with van der Waals surface area (Å²) in [5, 5.41) is 5.60. The van der Waals surface area contributed by atoms with Crippen LogP contribution in [0.1, 0.15) is 37.0 Å². The highest BCUT2D eigenvalue weighted by molar-refractivity contribution is 6.04. The molecule has 0 aliphatic carbocycles. The van der Waals surface area contributed by atoms with Gasteiger partial charge in [0.1, 0.15) is 0 Å². The topological polar surface area (TPSA) is 84.2 Å². The molecule has 0 bridgehead atoms. The standard InChI is InChI=1S/C19H23N3O2/c1-3-13-19(2,20)18(24)22-16-11-9-14(10-12-16)17(23)21-15-7-5-4-6-8-15/h4-12H,3,13,20H2,1-2H3,(H,21,23)(H,22,24). The summed E-state index contributed by atoms with van der Waals surface area (Å²) in [6.45, 7) is 3.70. The molecule has 0 spiro atoms. The lowest BCUT2D eigenvalue weighted by Crippen LogP contribution is -2.48. The molecule has 5 nitrogen and oxygen atoms in total. The maximum atomic E-state index is 12.2. The van der Waals surface area contributed by atoms with E-state index in [2.05, 4.69) is 10.6 Å². The van der Waals surface area contributed by atoms with E-state index in [0.717, 1.165) is 12.1 Å². The summed E-state index contributed by atoms with van der Waals surface area (Å²) in [7, 11) is 0. The zero-order valence-corrected chi connectivity index (χ0v) is 14.0. The summed E-state index contributed by atoms with van der Waals surface area (Å²) >= 11 is 0. The van der Waals surface area contributed by atoms with Gasteiger partial charge < -0.3 is 16.4 Å². The predicted octanol–water partition coefficient (Wildman–Crippen LogP) is 3.39. The van der Waals surface area contributed by atoms with Crippen molar-refractivity contribution in [2.24, 2.45) is 5.73 Å². The van der Waals surface area contributed by atoms with Crippen molar-refractivity contribution in [1.29, 1.82) is 0 Å². The molecule has 0 saturated heterocycles. The van der Waals surface area contributed by atoms with Gasteiger partial charge in [-0.25, -0.2) is 0 Å². The van der Waals surface area contributed by atoms with Gasteiger partial charge >= 0.3 is 0 Å². The summed E-state index contributed by atoms with van der Waals surface area (Å²) in [6, 6.07) is 16.0. The first-order valence-corrected chi connectivity index (χ1v) is 7.99. The van der Waals surface area contributed by atoms with Crippen LogP contribution in [0.2, 0.25) is 0 Å². The molecule has 0 heterocycles. The van der Waals surface area contributed by atoms with Crippen LogP contribution in [0.15, 0.2) is 54.6 Å². The number of carbonyl (C=O) groups is 2. The Morgan fingerprint density at radius 1 is 0.958 bits per heavy atom. The summed E-state index contributed by atoms with van der Waals surface area (Å²) < 4.78 is 0. The number of hydrogen-bond acceptors (Lipinski definition) is 3. The number of hydrogen-bond donors (Lipinski definition) is 3. The van der Waals surface area contributed by atoms with Gasteiger partial charge in [0.2, 0.25) is 5.91 Å². The van der Waals surface area contributed by atoms with Crippen LogP contribution >= 0.6 is 0 Å². The molecule has 0 aliphatic heterocycles. The predicted molar refractivity (Wildman–Crippen MR) is 97.0 cm³/mol. The molecule has 0 radical (unpaired) electrons. The number of anilines is 2. The van der Waals surface area contributed by atoms with Crippen molar-refractivity contribution in [3.63, 3.8) is 0 Å². The molecule has 0 fully saturated rings. The Bertz CT molecular complexity index is 694. The average molecular weight is 325 g/mol. The third-order valence-corrected chi connectivity index (χ3v) is 3.72. The maximum Gasteiger partial charge on any atom is 0.255 e. The highest BCUT2D eigenvalue weighted by Gasteiger charge is 2.27. The van der Waals surface area contributed by atoms with Crippen molar-refractivity contribution in [1.82, 2.24) is 0 Å².